The lowest BCUT2D eigenvalue weighted by Gasteiger charge is -2.26. The average Bonchev–Trinajstić information content (AvgIpc) is 2.32. The van der Waals surface area contributed by atoms with E-state index < -0.39 is 5.97 Å². The summed E-state index contributed by atoms with van der Waals surface area (Å²) in [7, 11) is 0. The maximum atomic E-state index is 10.9. The second-order valence-electron chi connectivity index (χ2n) is 5.09. The van der Waals surface area contributed by atoms with Gasteiger partial charge in [-0.25, -0.2) is 9.78 Å². The number of aryl methyl sites for hydroxylation is 1. The molecular weight excluding hydrogens is 230 g/mol. The van der Waals surface area contributed by atoms with E-state index in [9.17, 15) is 4.79 Å². The first kappa shape index (κ1) is 12.9. The van der Waals surface area contributed by atoms with Crippen molar-refractivity contribution < 1.29 is 14.6 Å². The summed E-state index contributed by atoms with van der Waals surface area (Å²) in [6, 6.07) is 3.21. The lowest BCUT2D eigenvalue weighted by Crippen LogP contribution is -2.23. The number of aromatic carboxylic acids is 1. The molecule has 0 aliphatic heterocycles. The minimum atomic E-state index is -0.946. The zero-order valence-corrected chi connectivity index (χ0v) is 10.8. The standard InChI is InChI=1S/C14H19NO3/c1-9-3-5-11(6-4-9)18-13-8-7-12(14(16)17)10(2)15-13/h7-9,11H,3-6H2,1-2H3,(H,16,17). The van der Waals surface area contributed by atoms with E-state index in [2.05, 4.69) is 11.9 Å². The van der Waals surface area contributed by atoms with E-state index in [0.29, 0.717) is 11.6 Å². The van der Waals surface area contributed by atoms with E-state index in [-0.39, 0.29) is 11.7 Å². The summed E-state index contributed by atoms with van der Waals surface area (Å²) in [6.45, 7) is 3.96. The number of aromatic nitrogens is 1. The Hall–Kier alpha value is -1.58. The molecule has 0 unspecified atom stereocenters. The van der Waals surface area contributed by atoms with Gasteiger partial charge in [-0.15, -0.1) is 0 Å². The van der Waals surface area contributed by atoms with Crippen molar-refractivity contribution in [3.63, 3.8) is 0 Å². The summed E-state index contributed by atoms with van der Waals surface area (Å²) in [5.41, 5.74) is 0.740. The maximum Gasteiger partial charge on any atom is 0.337 e. The summed E-state index contributed by atoms with van der Waals surface area (Å²) in [5.74, 6) is 0.379. The van der Waals surface area contributed by atoms with Gasteiger partial charge in [0.05, 0.1) is 11.3 Å². The number of carbonyl (C=O) groups is 1. The van der Waals surface area contributed by atoms with Crippen LogP contribution in [0.1, 0.15) is 48.7 Å². The van der Waals surface area contributed by atoms with Gasteiger partial charge in [-0.2, -0.15) is 0 Å². The van der Waals surface area contributed by atoms with Crippen LogP contribution < -0.4 is 4.74 Å². The van der Waals surface area contributed by atoms with Crippen molar-refractivity contribution in [2.45, 2.75) is 45.6 Å². The molecule has 1 aromatic heterocycles. The number of carboxylic acid groups (broad SMARTS) is 1. The van der Waals surface area contributed by atoms with Gasteiger partial charge in [0.25, 0.3) is 0 Å². The smallest absolute Gasteiger partial charge is 0.337 e. The average molecular weight is 249 g/mol. The van der Waals surface area contributed by atoms with Gasteiger partial charge in [-0.1, -0.05) is 6.92 Å². The molecule has 18 heavy (non-hydrogen) atoms. The molecular formula is C14H19NO3. The number of ether oxygens (including phenoxy) is 1. The van der Waals surface area contributed by atoms with E-state index in [1.807, 2.05) is 0 Å². The Balaban J connectivity index is 2.02. The monoisotopic (exact) mass is 249 g/mol. The molecule has 1 aromatic rings. The number of nitrogens with zero attached hydrogens (tertiary/aromatic N) is 1. The lowest BCUT2D eigenvalue weighted by atomic mass is 9.89. The fourth-order valence-electron chi connectivity index (χ4n) is 2.35. The normalized spacial score (nSPS) is 23.7. The molecule has 0 bridgehead atoms. The van der Waals surface area contributed by atoms with Gasteiger partial charge in [0.2, 0.25) is 5.88 Å². The van der Waals surface area contributed by atoms with Crippen LogP contribution in [-0.2, 0) is 0 Å². The van der Waals surface area contributed by atoms with E-state index >= 15 is 0 Å². The third-order valence-electron chi connectivity index (χ3n) is 3.54. The Bertz CT molecular complexity index is 437. The zero-order valence-electron chi connectivity index (χ0n) is 10.8. The van der Waals surface area contributed by atoms with Crippen molar-refractivity contribution in [2.24, 2.45) is 5.92 Å². The quantitative estimate of drug-likeness (QED) is 0.894. The Labute approximate surface area is 107 Å². The van der Waals surface area contributed by atoms with E-state index in [1.54, 1.807) is 19.1 Å². The number of rotatable bonds is 3. The third-order valence-corrected chi connectivity index (χ3v) is 3.54. The molecule has 1 aliphatic carbocycles. The SMILES string of the molecule is Cc1nc(OC2CCC(C)CC2)ccc1C(=O)O. The lowest BCUT2D eigenvalue weighted by molar-refractivity contribution is 0.0695. The molecule has 1 aliphatic rings. The highest BCUT2D eigenvalue weighted by Gasteiger charge is 2.20. The van der Waals surface area contributed by atoms with Crippen molar-refractivity contribution in [3.8, 4) is 5.88 Å². The summed E-state index contributed by atoms with van der Waals surface area (Å²) in [6.07, 6.45) is 4.72. The molecule has 1 fully saturated rings. The molecule has 4 heteroatoms. The fourth-order valence-corrected chi connectivity index (χ4v) is 2.35. The van der Waals surface area contributed by atoms with Crippen LogP contribution >= 0.6 is 0 Å². The van der Waals surface area contributed by atoms with Gasteiger partial charge >= 0.3 is 5.97 Å². The van der Waals surface area contributed by atoms with Crippen LogP contribution in [0.5, 0.6) is 5.88 Å². The van der Waals surface area contributed by atoms with Crippen molar-refractivity contribution in [1.29, 1.82) is 0 Å². The molecule has 0 atom stereocenters. The second kappa shape index (κ2) is 5.38. The summed E-state index contributed by atoms with van der Waals surface area (Å²) < 4.78 is 5.82. The number of hydrogen-bond donors (Lipinski definition) is 1. The van der Waals surface area contributed by atoms with Crippen LogP contribution in [0.3, 0.4) is 0 Å². The molecule has 0 aromatic carbocycles. The Morgan fingerprint density at radius 1 is 1.33 bits per heavy atom. The first-order chi connectivity index (χ1) is 8.56. The highest BCUT2D eigenvalue weighted by Crippen LogP contribution is 2.26. The van der Waals surface area contributed by atoms with Gasteiger partial charge in [0.15, 0.2) is 0 Å². The zero-order chi connectivity index (χ0) is 13.1. The molecule has 1 saturated carbocycles. The second-order valence-corrected chi connectivity index (χ2v) is 5.09. The van der Waals surface area contributed by atoms with Gasteiger partial charge < -0.3 is 9.84 Å². The predicted octanol–water partition coefficient (Wildman–Crippen LogP) is 3.05. The molecule has 0 radical (unpaired) electrons. The van der Waals surface area contributed by atoms with Crippen LogP contribution in [0.2, 0.25) is 0 Å². The van der Waals surface area contributed by atoms with E-state index in [0.717, 1.165) is 18.8 Å². The molecule has 98 valence electrons. The minimum absolute atomic E-state index is 0.226. The molecule has 2 rings (SSSR count). The molecule has 4 nitrogen and oxygen atoms in total. The molecule has 0 spiro atoms. The number of carboxylic acids is 1. The third kappa shape index (κ3) is 3.00. The summed E-state index contributed by atoms with van der Waals surface area (Å²) in [4.78, 5) is 15.1. The maximum absolute atomic E-state index is 10.9. The van der Waals surface area contributed by atoms with Crippen LogP contribution in [-0.4, -0.2) is 22.2 Å². The summed E-state index contributed by atoms with van der Waals surface area (Å²) >= 11 is 0. The Kier molecular flexibility index (Phi) is 3.84. The molecule has 1 heterocycles. The highest BCUT2D eigenvalue weighted by molar-refractivity contribution is 5.88. The van der Waals surface area contributed by atoms with Gasteiger partial charge in [-0.3, -0.25) is 0 Å². The van der Waals surface area contributed by atoms with Crippen LogP contribution in [0.25, 0.3) is 0 Å². The largest absolute Gasteiger partial charge is 0.478 e. The molecule has 0 saturated heterocycles. The van der Waals surface area contributed by atoms with Crippen LogP contribution in [0.15, 0.2) is 12.1 Å². The Morgan fingerprint density at radius 2 is 2.00 bits per heavy atom. The van der Waals surface area contributed by atoms with Crippen molar-refractivity contribution in [2.75, 3.05) is 0 Å². The first-order valence-corrected chi connectivity index (χ1v) is 6.44. The van der Waals surface area contributed by atoms with Gasteiger partial charge in [-0.05, 0) is 44.6 Å². The van der Waals surface area contributed by atoms with Crippen molar-refractivity contribution in [3.05, 3.63) is 23.4 Å². The van der Waals surface area contributed by atoms with Crippen LogP contribution in [0.4, 0.5) is 0 Å². The Morgan fingerprint density at radius 3 is 2.56 bits per heavy atom. The molecule has 0 amide bonds. The fraction of sp³-hybridized carbons (Fsp3) is 0.571. The first-order valence-electron chi connectivity index (χ1n) is 6.44. The summed E-state index contributed by atoms with van der Waals surface area (Å²) in [5, 5.41) is 8.93. The predicted molar refractivity (Wildman–Crippen MR) is 68.0 cm³/mol. The number of pyridine rings is 1. The minimum Gasteiger partial charge on any atom is -0.478 e. The van der Waals surface area contributed by atoms with E-state index in [4.69, 9.17) is 9.84 Å². The highest BCUT2D eigenvalue weighted by atomic mass is 16.5. The van der Waals surface area contributed by atoms with Crippen molar-refractivity contribution in [1.82, 2.24) is 4.98 Å². The van der Waals surface area contributed by atoms with Gasteiger partial charge in [0, 0.05) is 6.07 Å². The number of hydrogen-bond acceptors (Lipinski definition) is 3. The van der Waals surface area contributed by atoms with Crippen LogP contribution in [0, 0.1) is 12.8 Å². The molecule has 1 N–H and O–H groups in total. The van der Waals surface area contributed by atoms with Gasteiger partial charge in [0.1, 0.15) is 6.10 Å². The van der Waals surface area contributed by atoms with E-state index in [1.165, 1.54) is 12.8 Å². The topological polar surface area (TPSA) is 59.4 Å². The van der Waals surface area contributed by atoms with Crippen molar-refractivity contribution >= 4 is 5.97 Å².